The number of benzene rings is 1. The Labute approximate surface area is 126 Å². The summed E-state index contributed by atoms with van der Waals surface area (Å²) in [5, 5.41) is 9.03. The van der Waals surface area contributed by atoms with E-state index in [4.69, 9.17) is 9.84 Å². The summed E-state index contributed by atoms with van der Waals surface area (Å²) < 4.78 is 32.3. The molecule has 0 aromatic heterocycles. The highest BCUT2D eigenvalue weighted by Gasteiger charge is 2.27. The molecule has 0 saturated carbocycles. The summed E-state index contributed by atoms with van der Waals surface area (Å²) >= 11 is 3.18. The van der Waals surface area contributed by atoms with Crippen LogP contribution in [0, 0.1) is 0 Å². The molecule has 0 saturated heterocycles. The number of hydrogen-bond acceptors (Lipinski definition) is 4. The zero-order chi connectivity index (χ0) is 15.3. The van der Waals surface area contributed by atoms with E-state index < -0.39 is 22.0 Å². The SMILES string of the molecule is CCCC(NS(=O)(=O)c1cc(Br)ccc1OC)C(=O)O. The third-order valence-electron chi connectivity index (χ3n) is 2.59. The van der Waals surface area contributed by atoms with E-state index in [-0.39, 0.29) is 17.1 Å². The van der Waals surface area contributed by atoms with Gasteiger partial charge in [-0.1, -0.05) is 29.3 Å². The van der Waals surface area contributed by atoms with Crippen LogP contribution in [0.5, 0.6) is 5.75 Å². The second-order valence-electron chi connectivity index (χ2n) is 4.10. The molecule has 2 N–H and O–H groups in total. The van der Waals surface area contributed by atoms with Crippen molar-refractivity contribution in [2.75, 3.05) is 7.11 Å². The molecule has 6 nitrogen and oxygen atoms in total. The van der Waals surface area contributed by atoms with Crippen molar-refractivity contribution in [3.05, 3.63) is 22.7 Å². The van der Waals surface area contributed by atoms with Crippen molar-refractivity contribution in [3.8, 4) is 5.75 Å². The van der Waals surface area contributed by atoms with Gasteiger partial charge in [-0.25, -0.2) is 8.42 Å². The van der Waals surface area contributed by atoms with Gasteiger partial charge in [0.2, 0.25) is 10.0 Å². The maximum atomic E-state index is 12.3. The van der Waals surface area contributed by atoms with Crippen LogP contribution in [0.4, 0.5) is 0 Å². The van der Waals surface area contributed by atoms with Crippen LogP contribution in [0.1, 0.15) is 19.8 Å². The van der Waals surface area contributed by atoms with Gasteiger partial charge in [-0.15, -0.1) is 0 Å². The second kappa shape index (κ2) is 7.05. The normalized spacial score (nSPS) is 12.9. The Morgan fingerprint density at radius 3 is 2.65 bits per heavy atom. The minimum absolute atomic E-state index is 0.100. The molecular formula is C12H16BrNO5S. The Balaban J connectivity index is 3.16. The third kappa shape index (κ3) is 4.19. The fourth-order valence-electron chi connectivity index (χ4n) is 1.63. The number of halogens is 1. The van der Waals surface area contributed by atoms with Gasteiger partial charge in [0.05, 0.1) is 7.11 Å². The van der Waals surface area contributed by atoms with Crippen molar-refractivity contribution in [2.45, 2.75) is 30.7 Å². The molecule has 1 rings (SSSR count). The van der Waals surface area contributed by atoms with Crippen molar-refractivity contribution < 1.29 is 23.1 Å². The number of aliphatic carboxylic acids is 1. The third-order valence-corrected chi connectivity index (χ3v) is 4.57. The number of carboxylic acid groups (broad SMARTS) is 1. The van der Waals surface area contributed by atoms with Gasteiger partial charge >= 0.3 is 5.97 Å². The van der Waals surface area contributed by atoms with E-state index in [1.807, 2.05) is 0 Å². The molecule has 0 bridgehead atoms. The fraction of sp³-hybridized carbons (Fsp3) is 0.417. The van der Waals surface area contributed by atoms with E-state index in [2.05, 4.69) is 20.7 Å². The zero-order valence-corrected chi connectivity index (χ0v) is 13.5. The monoisotopic (exact) mass is 365 g/mol. The molecule has 1 atom stereocenters. The van der Waals surface area contributed by atoms with Crippen LogP contribution in [-0.4, -0.2) is 32.6 Å². The minimum atomic E-state index is -3.98. The molecule has 0 spiro atoms. The van der Waals surface area contributed by atoms with Gasteiger partial charge in [-0.2, -0.15) is 4.72 Å². The van der Waals surface area contributed by atoms with Crippen LogP contribution >= 0.6 is 15.9 Å². The van der Waals surface area contributed by atoms with Crippen LogP contribution in [0.2, 0.25) is 0 Å². The van der Waals surface area contributed by atoms with Crippen LogP contribution in [-0.2, 0) is 14.8 Å². The van der Waals surface area contributed by atoms with E-state index in [1.165, 1.54) is 19.2 Å². The summed E-state index contributed by atoms with van der Waals surface area (Å²) in [5.74, 6) is -1.05. The predicted molar refractivity (Wildman–Crippen MR) is 77.3 cm³/mol. The minimum Gasteiger partial charge on any atom is -0.495 e. The lowest BCUT2D eigenvalue weighted by Gasteiger charge is -2.15. The van der Waals surface area contributed by atoms with E-state index in [1.54, 1.807) is 13.0 Å². The van der Waals surface area contributed by atoms with Gasteiger partial charge in [0, 0.05) is 4.47 Å². The zero-order valence-electron chi connectivity index (χ0n) is 11.1. The molecule has 1 aromatic carbocycles. The summed E-state index contributed by atoms with van der Waals surface area (Å²) in [7, 11) is -2.63. The van der Waals surface area contributed by atoms with Gasteiger partial charge in [0.25, 0.3) is 0 Å². The van der Waals surface area contributed by atoms with Crippen molar-refractivity contribution in [1.29, 1.82) is 0 Å². The highest BCUT2D eigenvalue weighted by molar-refractivity contribution is 9.10. The highest BCUT2D eigenvalue weighted by Crippen LogP contribution is 2.27. The molecule has 0 aliphatic rings. The average Bonchev–Trinajstić information content (AvgIpc) is 2.38. The number of nitrogens with one attached hydrogen (secondary N) is 1. The second-order valence-corrected chi connectivity index (χ2v) is 6.69. The van der Waals surface area contributed by atoms with Gasteiger partial charge in [-0.05, 0) is 24.6 Å². The maximum Gasteiger partial charge on any atom is 0.321 e. The molecule has 0 fully saturated rings. The Hall–Kier alpha value is -1.12. The first-order chi connectivity index (χ1) is 9.31. The highest BCUT2D eigenvalue weighted by atomic mass is 79.9. The topological polar surface area (TPSA) is 92.7 Å². The lowest BCUT2D eigenvalue weighted by molar-refractivity contribution is -0.139. The van der Waals surface area contributed by atoms with Crippen LogP contribution in [0.15, 0.2) is 27.6 Å². The first kappa shape index (κ1) is 16.9. The number of methoxy groups -OCH3 is 1. The predicted octanol–water partition coefficient (Wildman–Crippen LogP) is 1.99. The molecule has 8 heteroatoms. The Kier molecular flexibility index (Phi) is 5.97. The smallest absolute Gasteiger partial charge is 0.321 e. The van der Waals surface area contributed by atoms with E-state index >= 15 is 0 Å². The molecular weight excluding hydrogens is 350 g/mol. The van der Waals surface area contributed by atoms with Crippen molar-refractivity contribution in [2.24, 2.45) is 0 Å². The van der Waals surface area contributed by atoms with Crippen molar-refractivity contribution in [3.63, 3.8) is 0 Å². The molecule has 112 valence electrons. The van der Waals surface area contributed by atoms with Gasteiger partial charge in [-0.3, -0.25) is 4.79 Å². The van der Waals surface area contributed by atoms with Gasteiger partial charge in [0.1, 0.15) is 16.7 Å². The van der Waals surface area contributed by atoms with Gasteiger partial charge < -0.3 is 9.84 Å². The number of ether oxygens (including phenoxy) is 1. The van der Waals surface area contributed by atoms with Crippen LogP contribution in [0.3, 0.4) is 0 Å². The van der Waals surface area contributed by atoms with E-state index in [9.17, 15) is 13.2 Å². The molecule has 0 heterocycles. The number of carboxylic acids is 1. The number of rotatable bonds is 7. The number of hydrogen-bond donors (Lipinski definition) is 2. The van der Waals surface area contributed by atoms with Gasteiger partial charge in [0.15, 0.2) is 0 Å². The fourth-order valence-corrected chi connectivity index (χ4v) is 3.56. The number of sulfonamides is 1. The largest absolute Gasteiger partial charge is 0.495 e. The Morgan fingerprint density at radius 2 is 2.15 bits per heavy atom. The van der Waals surface area contributed by atoms with Crippen LogP contribution in [0.25, 0.3) is 0 Å². The molecule has 1 aromatic rings. The lowest BCUT2D eigenvalue weighted by Crippen LogP contribution is -2.40. The average molecular weight is 366 g/mol. The van der Waals surface area contributed by atoms with E-state index in [0.29, 0.717) is 10.9 Å². The molecule has 0 aliphatic carbocycles. The number of carbonyl (C=O) groups is 1. The van der Waals surface area contributed by atoms with Crippen molar-refractivity contribution >= 4 is 31.9 Å². The quantitative estimate of drug-likeness (QED) is 0.770. The molecule has 0 amide bonds. The summed E-state index contributed by atoms with van der Waals surface area (Å²) in [6.07, 6.45) is 0.764. The molecule has 1 unspecified atom stereocenters. The summed E-state index contributed by atoms with van der Waals surface area (Å²) in [6, 6.07) is 3.34. The molecule has 20 heavy (non-hydrogen) atoms. The first-order valence-electron chi connectivity index (χ1n) is 5.90. The standard InChI is InChI=1S/C12H16BrNO5S/c1-3-4-9(12(15)16)14-20(17,18)11-7-8(13)5-6-10(11)19-2/h5-7,9,14H,3-4H2,1-2H3,(H,15,16). The van der Waals surface area contributed by atoms with Crippen LogP contribution < -0.4 is 9.46 Å². The van der Waals surface area contributed by atoms with Crippen molar-refractivity contribution in [1.82, 2.24) is 4.72 Å². The molecule has 0 radical (unpaired) electrons. The lowest BCUT2D eigenvalue weighted by atomic mass is 10.2. The Bertz CT molecular complexity index is 588. The summed E-state index contributed by atoms with van der Waals surface area (Å²) in [6.45, 7) is 1.78. The first-order valence-corrected chi connectivity index (χ1v) is 8.18. The summed E-state index contributed by atoms with van der Waals surface area (Å²) in [4.78, 5) is 11.0. The summed E-state index contributed by atoms with van der Waals surface area (Å²) in [5.41, 5.74) is 0. The maximum absolute atomic E-state index is 12.3. The van der Waals surface area contributed by atoms with E-state index in [0.717, 1.165) is 0 Å². The Morgan fingerprint density at radius 1 is 1.50 bits per heavy atom. The molecule has 0 aliphatic heterocycles.